The predicted octanol–water partition coefficient (Wildman–Crippen LogP) is 3.25. The third kappa shape index (κ3) is 2.94. The van der Waals surface area contributed by atoms with Gasteiger partial charge in [-0.15, -0.1) is 0 Å². The van der Waals surface area contributed by atoms with E-state index in [1.165, 1.54) is 24.3 Å². The van der Waals surface area contributed by atoms with Crippen LogP contribution in [0.25, 0.3) is 17.1 Å². The zero-order valence-electron chi connectivity index (χ0n) is 11.9. The fourth-order valence-corrected chi connectivity index (χ4v) is 2.15. The number of benzene rings is 1. The molecule has 3 rings (SSSR count). The number of H-pyrrole nitrogens is 1. The minimum absolute atomic E-state index is 0.0271. The van der Waals surface area contributed by atoms with Gasteiger partial charge in [0, 0.05) is 23.3 Å². The Labute approximate surface area is 131 Å². The van der Waals surface area contributed by atoms with Crippen LogP contribution in [0.15, 0.2) is 54.4 Å². The predicted molar refractivity (Wildman–Crippen MR) is 84.7 cm³/mol. The number of amides is 1. The van der Waals surface area contributed by atoms with Crippen molar-refractivity contribution < 1.29 is 9.18 Å². The van der Waals surface area contributed by atoms with Crippen molar-refractivity contribution in [3.05, 3.63) is 65.7 Å². The Balaban J connectivity index is 1.92. The third-order valence-corrected chi connectivity index (χ3v) is 3.27. The van der Waals surface area contributed by atoms with Crippen LogP contribution in [0, 0.1) is 17.1 Å². The molecule has 2 aromatic heterocycles. The van der Waals surface area contributed by atoms with E-state index in [1.807, 2.05) is 12.1 Å². The number of aromatic amines is 1. The standard InChI is InChI=1S/C17H11FN4O/c18-14-5-1-2-6-15(14)22-17(23)11(9-19)8-12-10-21-16-13(12)4-3-7-20-16/h1-8,10H,(H,20,21)(H,22,23)/b11-8+. The first kappa shape index (κ1) is 14.5. The van der Waals surface area contributed by atoms with E-state index in [4.69, 9.17) is 0 Å². The molecule has 0 spiro atoms. The van der Waals surface area contributed by atoms with Crippen LogP contribution in [-0.2, 0) is 4.79 Å². The normalized spacial score (nSPS) is 11.2. The topological polar surface area (TPSA) is 81.6 Å². The van der Waals surface area contributed by atoms with Crippen molar-refractivity contribution in [3.63, 3.8) is 0 Å². The number of hydrogen-bond acceptors (Lipinski definition) is 3. The van der Waals surface area contributed by atoms with Crippen LogP contribution in [0.1, 0.15) is 5.56 Å². The number of nitrogens with zero attached hydrogens (tertiary/aromatic N) is 2. The van der Waals surface area contributed by atoms with Crippen molar-refractivity contribution in [2.24, 2.45) is 0 Å². The Hall–Kier alpha value is -3.46. The number of carbonyl (C=O) groups excluding carboxylic acids is 1. The average molecular weight is 306 g/mol. The highest BCUT2D eigenvalue weighted by Gasteiger charge is 2.13. The maximum Gasteiger partial charge on any atom is 0.266 e. The number of nitriles is 1. The Bertz CT molecular complexity index is 952. The summed E-state index contributed by atoms with van der Waals surface area (Å²) < 4.78 is 13.6. The highest BCUT2D eigenvalue weighted by molar-refractivity contribution is 6.10. The van der Waals surface area contributed by atoms with Crippen LogP contribution in [0.3, 0.4) is 0 Å². The maximum absolute atomic E-state index is 13.6. The average Bonchev–Trinajstić information content (AvgIpc) is 2.97. The van der Waals surface area contributed by atoms with Gasteiger partial charge in [-0.3, -0.25) is 4.79 Å². The Kier molecular flexibility index (Phi) is 3.85. The van der Waals surface area contributed by atoms with Crippen LogP contribution >= 0.6 is 0 Å². The van der Waals surface area contributed by atoms with Gasteiger partial charge in [-0.25, -0.2) is 9.37 Å². The van der Waals surface area contributed by atoms with E-state index in [2.05, 4.69) is 15.3 Å². The zero-order chi connectivity index (χ0) is 16.2. The zero-order valence-corrected chi connectivity index (χ0v) is 11.9. The van der Waals surface area contributed by atoms with Gasteiger partial charge in [-0.05, 0) is 30.3 Å². The second kappa shape index (κ2) is 6.12. The number of fused-ring (bicyclic) bond motifs is 1. The van der Waals surface area contributed by atoms with E-state index in [0.29, 0.717) is 11.2 Å². The lowest BCUT2D eigenvalue weighted by molar-refractivity contribution is -0.112. The number of anilines is 1. The SMILES string of the molecule is N#C/C(=C\c1c[nH]c2ncccc12)C(=O)Nc1ccccc1F. The molecule has 6 heteroatoms. The lowest BCUT2D eigenvalue weighted by Gasteiger charge is -2.04. The van der Waals surface area contributed by atoms with Crippen LogP contribution in [0.4, 0.5) is 10.1 Å². The minimum atomic E-state index is -0.671. The van der Waals surface area contributed by atoms with Gasteiger partial charge in [0.1, 0.15) is 23.1 Å². The summed E-state index contributed by atoms with van der Waals surface area (Å²) in [6, 6.07) is 11.2. The van der Waals surface area contributed by atoms with Crippen LogP contribution in [0.2, 0.25) is 0 Å². The molecule has 2 N–H and O–H groups in total. The van der Waals surface area contributed by atoms with Crippen molar-refractivity contribution in [2.75, 3.05) is 5.32 Å². The van der Waals surface area contributed by atoms with E-state index < -0.39 is 11.7 Å². The molecule has 1 amide bonds. The smallest absolute Gasteiger partial charge is 0.266 e. The largest absolute Gasteiger partial charge is 0.346 e. The van der Waals surface area contributed by atoms with E-state index in [9.17, 15) is 14.4 Å². The van der Waals surface area contributed by atoms with Gasteiger partial charge in [0.2, 0.25) is 0 Å². The number of carbonyl (C=O) groups is 1. The molecule has 0 atom stereocenters. The van der Waals surface area contributed by atoms with Gasteiger partial charge in [-0.1, -0.05) is 12.1 Å². The summed E-state index contributed by atoms with van der Waals surface area (Å²) in [6.45, 7) is 0. The number of halogens is 1. The second-order valence-corrected chi connectivity index (χ2v) is 4.75. The first-order valence-corrected chi connectivity index (χ1v) is 6.79. The first-order valence-electron chi connectivity index (χ1n) is 6.79. The molecule has 3 aromatic rings. The molecule has 2 heterocycles. The Morgan fingerprint density at radius 3 is 2.91 bits per heavy atom. The number of aromatic nitrogens is 2. The molecular weight excluding hydrogens is 295 g/mol. The first-order chi connectivity index (χ1) is 11.2. The molecule has 0 unspecified atom stereocenters. The molecule has 0 aliphatic rings. The van der Waals surface area contributed by atoms with Crippen LogP contribution < -0.4 is 5.32 Å². The highest BCUT2D eigenvalue weighted by Crippen LogP contribution is 2.19. The summed E-state index contributed by atoms with van der Waals surface area (Å²) in [4.78, 5) is 19.3. The molecule has 5 nitrogen and oxygen atoms in total. The van der Waals surface area contributed by atoms with E-state index in [1.54, 1.807) is 24.5 Å². The molecule has 1 aromatic carbocycles. The van der Waals surface area contributed by atoms with Crippen molar-refractivity contribution in [3.8, 4) is 6.07 Å². The van der Waals surface area contributed by atoms with Gasteiger partial charge in [0.15, 0.2) is 0 Å². The molecule has 0 bridgehead atoms. The summed E-state index contributed by atoms with van der Waals surface area (Å²) in [5.41, 5.74) is 1.22. The highest BCUT2D eigenvalue weighted by atomic mass is 19.1. The summed E-state index contributed by atoms with van der Waals surface area (Å²) in [7, 11) is 0. The molecule has 0 aliphatic heterocycles. The van der Waals surface area contributed by atoms with Gasteiger partial charge in [0.25, 0.3) is 5.91 Å². The quantitative estimate of drug-likeness (QED) is 0.575. The van der Waals surface area contributed by atoms with Crippen molar-refractivity contribution in [1.29, 1.82) is 5.26 Å². The number of nitrogens with one attached hydrogen (secondary N) is 2. The van der Waals surface area contributed by atoms with E-state index >= 15 is 0 Å². The Morgan fingerprint density at radius 1 is 1.30 bits per heavy atom. The van der Waals surface area contributed by atoms with E-state index in [0.717, 1.165) is 5.39 Å². The lowest BCUT2D eigenvalue weighted by atomic mass is 10.1. The fraction of sp³-hybridized carbons (Fsp3) is 0. The number of rotatable bonds is 3. The number of hydrogen-bond donors (Lipinski definition) is 2. The summed E-state index contributed by atoms with van der Waals surface area (Å²) in [5, 5.41) is 12.4. The van der Waals surface area contributed by atoms with Gasteiger partial charge in [0.05, 0.1) is 5.69 Å². The summed E-state index contributed by atoms with van der Waals surface area (Å²) >= 11 is 0. The van der Waals surface area contributed by atoms with Gasteiger partial charge in [-0.2, -0.15) is 5.26 Å². The molecule has 23 heavy (non-hydrogen) atoms. The molecule has 0 saturated carbocycles. The minimum Gasteiger partial charge on any atom is -0.346 e. The molecular formula is C17H11FN4O. The van der Waals surface area contributed by atoms with Gasteiger partial charge < -0.3 is 10.3 Å². The molecule has 112 valence electrons. The summed E-state index contributed by atoms with van der Waals surface area (Å²) in [5.74, 6) is -1.23. The van der Waals surface area contributed by atoms with Crippen molar-refractivity contribution in [2.45, 2.75) is 0 Å². The summed E-state index contributed by atoms with van der Waals surface area (Å²) in [6.07, 6.45) is 4.74. The lowest BCUT2D eigenvalue weighted by Crippen LogP contribution is -2.14. The van der Waals surface area contributed by atoms with Crippen LogP contribution in [-0.4, -0.2) is 15.9 Å². The van der Waals surface area contributed by atoms with Crippen molar-refractivity contribution in [1.82, 2.24) is 9.97 Å². The fourth-order valence-electron chi connectivity index (χ4n) is 2.15. The number of para-hydroxylation sites is 1. The molecule has 0 aliphatic carbocycles. The Morgan fingerprint density at radius 2 is 2.13 bits per heavy atom. The number of pyridine rings is 1. The van der Waals surface area contributed by atoms with E-state index in [-0.39, 0.29) is 11.3 Å². The molecule has 0 saturated heterocycles. The van der Waals surface area contributed by atoms with Gasteiger partial charge >= 0.3 is 0 Å². The maximum atomic E-state index is 13.6. The third-order valence-electron chi connectivity index (χ3n) is 3.27. The van der Waals surface area contributed by atoms with Crippen molar-refractivity contribution >= 4 is 28.7 Å². The molecule has 0 fully saturated rings. The van der Waals surface area contributed by atoms with Crippen LogP contribution in [0.5, 0.6) is 0 Å². The molecule has 0 radical (unpaired) electrons. The second-order valence-electron chi connectivity index (χ2n) is 4.75. The monoisotopic (exact) mass is 306 g/mol.